The number of rotatable bonds is 4. The fourth-order valence-electron chi connectivity index (χ4n) is 1.67. The highest BCUT2D eigenvalue weighted by Crippen LogP contribution is 1.98. The maximum Gasteiger partial charge on any atom is 0.321 e. The smallest absolute Gasteiger partial charge is 0.321 e. The van der Waals surface area contributed by atoms with Gasteiger partial charge in [-0.25, -0.2) is 4.79 Å². The number of amides is 3. The number of hydrogen-bond acceptors (Lipinski definition) is 2. The molecule has 0 bridgehead atoms. The van der Waals surface area contributed by atoms with Gasteiger partial charge in [0, 0.05) is 24.6 Å². The number of carbonyl (C=O) groups is 2. The predicted octanol–water partition coefficient (Wildman–Crippen LogP) is 1.08. The topological polar surface area (TPSA) is 62.1 Å². The molecule has 1 aromatic rings. The van der Waals surface area contributed by atoms with Gasteiger partial charge in [-0.1, -0.05) is 6.92 Å². The Labute approximate surface area is 114 Å². The molecule has 0 saturated carbocycles. The molecule has 5 heteroatoms. The summed E-state index contributed by atoms with van der Waals surface area (Å²) in [4.78, 5) is 23.2. The molecule has 19 heavy (non-hydrogen) atoms. The lowest BCUT2D eigenvalue weighted by Gasteiger charge is -2.08. The molecule has 0 spiro atoms. The van der Waals surface area contributed by atoms with E-state index in [9.17, 15) is 9.59 Å². The van der Waals surface area contributed by atoms with Crippen molar-refractivity contribution in [2.24, 2.45) is 0 Å². The second-order valence-electron chi connectivity index (χ2n) is 4.84. The second kappa shape index (κ2) is 6.87. The van der Waals surface area contributed by atoms with Crippen LogP contribution in [0.25, 0.3) is 0 Å². The van der Waals surface area contributed by atoms with Crippen LogP contribution in [0.3, 0.4) is 0 Å². The van der Waals surface area contributed by atoms with Gasteiger partial charge in [-0.3, -0.25) is 10.1 Å². The van der Waals surface area contributed by atoms with Crippen LogP contribution < -0.4 is 15.2 Å². The van der Waals surface area contributed by atoms with Crippen LogP contribution in [0.15, 0.2) is 18.3 Å². The van der Waals surface area contributed by atoms with E-state index in [4.69, 9.17) is 0 Å². The average Bonchev–Trinajstić information content (AvgIpc) is 2.30. The molecule has 0 aliphatic rings. The SMILES string of the molecule is CCc1ccc(C)[n+](CC(=O)NC(=O)NC(C)C)c1. The van der Waals surface area contributed by atoms with Crippen LogP contribution in [0.1, 0.15) is 32.0 Å². The largest absolute Gasteiger partial charge is 0.336 e. The van der Waals surface area contributed by atoms with Crippen LogP contribution in [0, 0.1) is 6.92 Å². The minimum atomic E-state index is -0.454. The maximum atomic E-state index is 11.8. The standard InChI is InChI=1S/C14H21N3O2/c1-5-12-7-6-11(4)17(8-12)9-13(18)16-14(19)15-10(2)3/h6-8,10H,5,9H2,1-4H3,(H-,15,16,18,19)/p+1. The predicted molar refractivity (Wildman–Crippen MR) is 72.6 cm³/mol. The number of carbonyl (C=O) groups excluding carboxylic acids is 2. The molecule has 0 fully saturated rings. The first kappa shape index (κ1) is 15.1. The van der Waals surface area contributed by atoms with Crippen molar-refractivity contribution in [3.63, 3.8) is 0 Å². The van der Waals surface area contributed by atoms with Crippen LogP contribution >= 0.6 is 0 Å². The van der Waals surface area contributed by atoms with Crippen LogP contribution in [0.5, 0.6) is 0 Å². The van der Waals surface area contributed by atoms with Crippen molar-refractivity contribution >= 4 is 11.9 Å². The van der Waals surface area contributed by atoms with Crippen molar-refractivity contribution in [3.05, 3.63) is 29.6 Å². The third kappa shape index (κ3) is 5.07. The molecule has 0 aromatic carbocycles. The second-order valence-corrected chi connectivity index (χ2v) is 4.84. The van der Waals surface area contributed by atoms with Crippen LogP contribution in [0.4, 0.5) is 4.79 Å². The Hall–Kier alpha value is -1.91. The number of pyridine rings is 1. The summed E-state index contributed by atoms with van der Waals surface area (Å²) in [5.74, 6) is -0.320. The zero-order valence-electron chi connectivity index (χ0n) is 12.0. The van der Waals surface area contributed by atoms with Gasteiger partial charge >= 0.3 is 6.03 Å². The molecule has 3 amide bonds. The molecule has 1 heterocycles. The molecule has 0 atom stereocenters. The van der Waals surface area contributed by atoms with Gasteiger partial charge < -0.3 is 5.32 Å². The molecular formula is C14H22N3O2+. The molecule has 104 valence electrons. The van der Waals surface area contributed by atoms with Gasteiger partial charge in [0.25, 0.3) is 5.91 Å². The first-order valence-corrected chi connectivity index (χ1v) is 6.51. The van der Waals surface area contributed by atoms with Crippen LogP contribution in [-0.2, 0) is 17.8 Å². The molecular weight excluding hydrogens is 242 g/mol. The molecule has 0 radical (unpaired) electrons. The van der Waals surface area contributed by atoms with Crippen LogP contribution in [-0.4, -0.2) is 18.0 Å². The van der Waals surface area contributed by atoms with Gasteiger partial charge in [-0.05, 0) is 26.3 Å². The molecule has 5 nitrogen and oxygen atoms in total. The quantitative estimate of drug-likeness (QED) is 0.799. The fraction of sp³-hybridized carbons (Fsp3) is 0.500. The Bertz CT molecular complexity index is 470. The Kier molecular flexibility index (Phi) is 5.48. The van der Waals surface area contributed by atoms with Gasteiger partial charge in [0.15, 0.2) is 11.9 Å². The Morgan fingerprint density at radius 3 is 2.58 bits per heavy atom. The maximum absolute atomic E-state index is 11.8. The number of nitrogens with one attached hydrogen (secondary N) is 2. The average molecular weight is 264 g/mol. The molecule has 1 rings (SSSR count). The Balaban J connectivity index is 2.64. The minimum absolute atomic E-state index is 0.00519. The lowest BCUT2D eigenvalue weighted by atomic mass is 10.2. The summed E-state index contributed by atoms with van der Waals surface area (Å²) in [5.41, 5.74) is 2.14. The number of aryl methyl sites for hydroxylation is 2. The van der Waals surface area contributed by atoms with Crippen molar-refractivity contribution in [3.8, 4) is 0 Å². The van der Waals surface area contributed by atoms with Gasteiger partial charge in [0.1, 0.15) is 0 Å². The summed E-state index contributed by atoms with van der Waals surface area (Å²) in [6.45, 7) is 7.82. The third-order valence-electron chi connectivity index (χ3n) is 2.71. The van der Waals surface area contributed by atoms with E-state index in [2.05, 4.69) is 17.6 Å². The number of urea groups is 1. The van der Waals surface area contributed by atoms with E-state index in [-0.39, 0.29) is 18.5 Å². The summed E-state index contributed by atoms with van der Waals surface area (Å²) in [5, 5.41) is 4.93. The first-order chi connectivity index (χ1) is 8.92. The zero-order chi connectivity index (χ0) is 14.4. The van der Waals surface area contributed by atoms with E-state index in [0.29, 0.717) is 0 Å². The fourth-order valence-corrected chi connectivity index (χ4v) is 1.67. The lowest BCUT2D eigenvalue weighted by molar-refractivity contribution is -0.690. The van der Waals surface area contributed by atoms with Crippen molar-refractivity contribution in [1.29, 1.82) is 0 Å². The summed E-state index contributed by atoms with van der Waals surface area (Å²) >= 11 is 0. The Morgan fingerprint density at radius 2 is 2.00 bits per heavy atom. The highest BCUT2D eigenvalue weighted by atomic mass is 16.2. The summed E-state index contributed by atoms with van der Waals surface area (Å²) in [7, 11) is 0. The normalized spacial score (nSPS) is 10.4. The van der Waals surface area contributed by atoms with Crippen LogP contribution in [0.2, 0.25) is 0 Å². The summed E-state index contributed by atoms with van der Waals surface area (Å²) in [6.07, 6.45) is 2.85. The van der Waals surface area contributed by atoms with E-state index in [0.717, 1.165) is 17.7 Å². The van der Waals surface area contributed by atoms with E-state index >= 15 is 0 Å². The van der Waals surface area contributed by atoms with Crippen molar-refractivity contribution in [2.45, 2.75) is 46.7 Å². The third-order valence-corrected chi connectivity index (χ3v) is 2.71. The molecule has 2 N–H and O–H groups in total. The molecule has 1 aromatic heterocycles. The van der Waals surface area contributed by atoms with E-state index in [1.165, 1.54) is 0 Å². The zero-order valence-corrected chi connectivity index (χ0v) is 12.0. The van der Waals surface area contributed by atoms with Crippen molar-refractivity contribution in [1.82, 2.24) is 10.6 Å². The highest BCUT2D eigenvalue weighted by Gasteiger charge is 2.15. The minimum Gasteiger partial charge on any atom is -0.336 e. The van der Waals surface area contributed by atoms with Gasteiger partial charge in [-0.15, -0.1) is 0 Å². The number of nitrogens with zero attached hydrogens (tertiary/aromatic N) is 1. The number of imide groups is 1. The van der Waals surface area contributed by atoms with E-state index in [1.54, 1.807) is 0 Å². The Morgan fingerprint density at radius 1 is 1.32 bits per heavy atom. The van der Waals surface area contributed by atoms with Gasteiger partial charge in [0.05, 0.1) is 0 Å². The summed E-state index contributed by atoms with van der Waals surface area (Å²) in [6, 6.07) is 3.56. The van der Waals surface area contributed by atoms with E-state index in [1.807, 2.05) is 43.7 Å². The van der Waals surface area contributed by atoms with E-state index < -0.39 is 6.03 Å². The highest BCUT2D eigenvalue weighted by molar-refractivity contribution is 5.93. The molecule has 0 unspecified atom stereocenters. The molecule has 0 saturated heterocycles. The summed E-state index contributed by atoms with van der Waals surface area (Å²) < 4.78 is 1.84. The van der Waals surface area contributed by atoms with Crippen molar-refractivity contribution < 1.29 is 14.2 Å². The van der Waals surface area contributed by atoms with Gasteiger partial charge in [-0.2, -0.15) is 4.57 Å². The van der Waals surface area contributed by atoms with Gasteiger partial charge in [0.2, 0.25) is 6.54 Å². The number of hydrogen-bond donors (Lipinski definition) is 2. The lowest BCUT2D eigenvalue weighted by Crippen LogP contribution is -2.49. The molecule has 0 aliphatic heterocycles. The van der Waals surface area contributed by atoms with Crippen molar-refractivity contribution in [2.75, 3.05) is 0 Å². The first-order valence-electron chi connectivity index (χ1n) is 6.51. The number of aromatic nitrogens is 1. The molecule has 0 aliphatic carbocycles. The monoisotopic (exact) mass is 264 g/mol.